The van der Waals surface area contributed by atoms with Gasteiger partial charge in [0.15, 0.2) is 5.82 Å². The summed E-state index contributed by atoms with van der Waals surface area (Å²) in [7, 11) is 0. The van der Waals surface area contributed by atoms with Gasteiger partial charge in [-0.05, 0) is 18.1 Å². The highest BCUT2D eigenvalue weighted by Gasteiger charge is 2.15. The number of hydrogen-bond donors (Lipinski definition) is 2. The number of fused-ring (bicyclic) bond motifs is 1. The minimum Gasteiger partial charge on any atom is -0.494 e. The van der Waals surface area contributed by atoms with E-state index in [0.29, 0.717) is 23.8 Å². The summed E-state index contributed by atoms with van der Waals surface area (Å²) in [4.78, 5) is 8.21. The minimum atomic E-state index is 0.158. The molecular weight excluding hydrogens is 240 g/mol. The first-order chi connectivity index (χ1) is 9.24. The average Bonchev–Trinajstić information content (AvgIpc) is 2.81. The quantitative estimate of drug-likeness (QED) is 0.748. The van der Waals surface area contributed by atoms with E-state index in [1.165, 1.54) is 5.56 Å². The lowest BCUT2D eigenvalue weighted by Crippen LogP contribution is -2.05. The second-order valence-electron chi connectivity index (χ2n) is 4.42. The molecule has 0 saturated carbocycles. The van der Waals surface area contributed by atoms with E-state index >= 15 is 0 Å². The third kappa shape index (κ3) is 2.22. The zero-order valence-electron chi connectivity index (χ0n) is 10.3. The van der Waals surface area contributed by atoms with Crippen molar-refractivity contribution < 1.29 is 5.11 Å². The summed E-state index contributed by atoms with van der Waals surface area (Å²) in [5.41, 5.74) is 7.41. The van der Waals surface area contributed by atoms with Crippen LogP contribution in [0.4, 0.5) is 5.82 Å². The second kappa shape index (κ2) is 4.61. The van der Waals surface area contributed by atoms with Gasteiger partial charge in [0.25, 0.3) is 0 Å². The highest BCUT2D eigenvalue weighted by molar-refractivity contribution is 5.68. The molecule has 2 heterocycles. The van der Waals surface area contributed by atoms with Crippen molar-refractivity contribution in [2.24, 2.45) is 0 Å². The summed E-state index contributed by atoms with van der Waals surface area (Å²) in [5.74, 6) is 1.01. The maximum absolute atomic E-state index is 10.2. The normalized spacial score (nSPS) is 10.9. The molecule has 1 aromatic carbocycles. The van der Waals surface area contributed by atoms with Crippen molar-refractivity contribution in [3.8, 4) is 17.3 Å². The second-order valence-corrected chi connectivity index (χ2v) is 4.42. The number of benzene rings is 1. The minimum absolute atomic E-state index is 0.158. The molecule has 0 bridgehead atoms. The fourth-order valence-electron chi connectivity index (χ4n) is 2.08. The molecule has 5 nitrogen and oxygen atoms in total. The zero-order valence-corrected chi connectivity index (χ0v) is 10.3. The predicted molar refractivity (Wildman–Crippen MR) is 72.9 cm³/mol. The molecule has 1 aromatic rings. The Kier molecular flexibility index (Phi) is 2.79. The number of aryl methyl sites for hydroxylation is 2. The van der Waals surface area contributed by atoms with Gasteiger partial charge in [-0.1, -0.05) is 30.3 Å². The molecule has 0 unspecified atom stereocenters. The van der Waals surface area contributed by atoms with Crippen LogP contribution >= 0.6 is 0 Å². The van der Waals surface area contributed by atoms with Gasteiger partial charge in [-0.25, -0.2) is 9.97 Å². The van der Waals surface area contributed by atoms with Gasteiger partial charge < -0.3 is 15.4 Å². The number of rotatable bonds is 3. The fraction of sp³-hybridized carbons (Fsp3) is 0.143. The SMILES string of the molecule is Nc1cc2c(O)n(CCc3ccccc3)cnc-2n1. The summed E-state index contributed by atoms with van der Waals surface area (Å²) in [5, 5.41) is 10.2. The standard InChI is InChI=1S/C14H14N4O/c15-12-8-11-13(17-12)16-9-18(14(11)19)7-6-10-4-2-1-3-5-10/h1-5,8-9,19H,6-7,15H2. The molecule has 0 spiro atoms. The average molecular weight is 254 g/mol. The molecule has 0 saturated heterocycles. The molecule has 5 heteroatoms. The summed E-state index contributed by atoms with van der Waals surface area (Å²) in [6.45, 7) is 0.657. The largest absolute Gasteiger partial charge is 0.494 e. The summed E-state index contributed by atoms with van der Waals surface area (Å²) >= 11 is 0. The Bertz CT molecular complexity index is 663. The van der Waals surface area contributed by atoms with Gasteiger partial charge in [0.2, 0.25) is 5.88 Å². The number of aromatic nitrogens is 3. The van der Waals surface area contributed by atoms with Gasteiger partial charge in [-0.3, -0.25) is 0 Å². The number of aromatic hydroxyl groups is 1. The van der Waals surface area contributed by atoms with Gasteiger partial charge in [0, 0.05) is 6.54 Å². The van der Waals surface area contributed by atoms with E-state index in [-0.39, 0.29) is 5.88 Å². The molecule has 0 amide bonds. The van der Waals surface area contributed by atoms with Crippen LogP contribution in [-0.4, -0.2) is 19.6 Å². The van der Waals surface area contributed by atoms with E-state index in [2.05, 4.69) is 22.1 Å². The zero-order chi connectivity index (χ0) is 13.2. The van der Waals surface area contributed by atoms with E-state index < -0.39 is 0 Å². The van der Waals surface area contributed by atoms with Gasteiger partial charge in [-0.2, -0.15) is 0 Å². The Balaban J connectivity index is 1.86. The maximum Gasteiger partial charge on any atom is 0.203 e. The lowest BCUT2D eigenvalue weighted by molar-refractivity contribution is 0.410. The summed E-state index contributed by atoms with van der Waals surface area (Å²) < 4.78 is 1.70. The number of anilines is 1. The monoisotopic (exact) mass is 254 g/mol. The third-order valence-electron chi connectivity index (χ3n) is 3.08. The molecule has 2 aliphatic heterocycles. The van der Waals surface area contributed by atoms with Crippen molar-refractivity contribution in [2.45, 2.75) is 13.0 Å². The Morgan fingerprint density at radius 1 is 1.21 bits per heavy atom. The first kappa shape index (κ1) is 11.5. The van der Waals surface area contributed by atoms with Gasteiger partial charge in [0.1, 0.15) is 5.82 Å². The van der Waals surface area contributed by atoms with Crippen molar-refractivity contribution in [1.29, 1.82) is 0 Å². The molecule has 3 N–H and O–H groups in total. The van der Waals surface area contributed by atoms with Gasteiger partial charge >= 0.3 is 0 Å². The molecule has 0 fully saturated rings. The first-order valence-electron chi connectivity index (χ1n) is 6.08. The van der Waals surface area contributed by atoms with Gasteiger partial charge in [0.05, 0.1) is 11.9 Å². The highest BCUT2D eigenvalue weighted by atomic mass is 16.3. The Labute approximate surface area is 110 Å². The summed E-state index contributed by atoms with van der Waals surface area (Å²) in [6, 6.07) is 11.8. The van der Waals surface area contributed by atoms with Crippen LogP contribution in [-0.2, 0) is 13.0 Å². The van der Waals surface area contributed by atoms with Crippen molar-refractivity contribution in [1.82, 2.24) is 14.5 Å². The lowest BCUT2D eigenvalue weighted by atomic mass is 10.1. The van der Waals surface area contributed by atoms with Crippen molar-refractivity contribution in [2.75, 3.05) is 5.73 Å². The van der Waals surface area contributed by atoms with E-state index in [0.717, 1.165) is 6.42 Å². The van der Waals surface area contributed by atoms with Crippen LogP contribution in [0, 0.1) is 0 Å². The van der Waals surface area contributed by atoms with Crippen LogP contribution in [0.3, 0.4) is 0 Å². The summed E-state index contributed by atoms with van der Waals surface area (Å²) in [6.07, 6.45) is 2.42. The Hall–Kier alpha value is -2.56. The molecule has 0 aromatic heterocycles. The van der Waals surface area contributed by atoms with E-state index in [1.54, 1.807) is 17.0 Å². The molecule has 96 valence electrons. The van der Waals surface area contributed by atoms with E-state index in [4.69, 9.17) is 5.73 Å². The van der Waals surface area contributed by atoms with Crippen molar-refractivity contribution >= 4 is 5.82 Å². The molecule has 0 aliphatic carbocycles. The van der Waals surface area contributed by atoms with Crippen LogP contribution in [0.25, 0.3) is 11.4 Å². The van der Waals surface area contributed by atoms with Crippen molar-refractivity contribution in [3.05, 3.63) is 48.3 Å². The van der Waals surface area contributed by atoms with E-state index in [1.807, 2.05) is 18.2 Å². The topological polar surface area (TPSA) is 77.0 Å². The van der Waals surface area contributed by atoms with Crippen molar-refractivity contribution in [3.63, 3.8) is 0 Å². The molecular formula is C14H14N4O. The molecule has 0 radical (unpaired) electrons. The first-order valence-corrected chi connectivity index (χ1v) is 6.08. The molecule has 19 heavy (non-hydrogen) atoms. The van der Waals surface area contributed by atoms with Crippen LogP contribution in [0.15, 0.2) is 42.7 Å². The fourth-order valence-corrected chi connectivity index (χ4v) is 2.08. The molecule has 0 atom stereocenters. The van der Waals surface area contributed by atoms with Crippen LogP contribution in [0.1, 0.15) is 5.56 Å². The highest BCUT2D eigenvalue weighted by Crippen LogP contribution is 2.30. The third-order valence-corrected chi connectivity index (χ3v) is 3.08. The predicted octanol–water partition coefficient (Wildman–Crippen LogP) is 1.91. The Morgan fingerprint density at radius 2 is 2.00 bits per heavy atom. The van der Waals surface area contributed by atoms with Crippen LogP contribution in [0.2, 0.25) is 0 Å². The molecule has 3 rings (SSSR count). The van der Waals surface area contributed by atoms with Crippen LogP contribution in [0.5, 0.6) is 5.88 Å². The smallest absolute Gasteiger partial charge is 0.203 e. The lowest BCUT2D eigenvalue weighted by Gasteiger charge is -2.11. The Morgan fingerprint density at radius 3 is 2.79 bits per heavy atom. The number of hydrogen-bond acceptors (Lipinski definition) is 4. The van der Waals surface area contributed by atoms with Gasteiger partial charge in [-0.15, -0.1) is 0 Å². The molecule has 2 aliphatic rings. The maximum atomic E-state index is 10.2. The van der Waals surface area contributed by atoms with Crippen LogP contribution < -0.4 is 5.73 Å². The number of nitrogens with zero attached hydrogens (tertiary/aromatic N) is 3. The number of nitrogens with two attached hydrogens (primary N) is 1. The number of nitrogen functional groups attached to an aromatic ring is 1. The van der Waals surface area contributed by atoms with E-state index in [9.17, 15) is 5.11 Å².